The summed E-state index contributed by atoms with van der Waals surface area (Å²) < 4.78 is 5.53. The van der Waals surface area contributed by atoms with E-state index < -0.39 is 0 Å². The van der Waals surface area contributed by atoms with E-state index in [1.54, 1.807) is 6.07 Å². The van der Waals surface area contributed by atoms with Crippen LogP contribution in [0.5, 0.6) is 5.75 Å². The second kappa shape index (κ2) is 5.08. The molecule has 2 N–H and O–H groups in total. The van der Waals surface area contributed by atoms with Gasteiger partial charge in [-0.25, -0.2) is 4.98 Å². The maximum absolute atomic E-state index is 6.12. The average Bonchev–Trinajstić information content (AvgIpc) is 2.28. The second-order valence-electron chi connectivity index (χ2n) is 3.66. The van der Waals surface area contributed by atoms with Gasteiger partial charge < -0.3 is 10.5 Å². The lowest BCUT2D eigenvalue weighted by molar-refractivity contribution is 0.331. The monoisotopic (exact) mass is 270 g/mol. The molecule has 0 aliphatic rings. The molecule has 0 saturated carbocycles. The normalized spacial score (nSPS) is 10.8. The lowest BCUT2D eigenvalue weighted by Crippen LogP contribution is -2.11. The average molecular weight is 271 g/mol. The first kappa shape index (κ1) is 12.4. The molecule has 17 heavy (non-hydrogen) atoms. The molecule has 1 heterocycles. The largest absolute Gasteiger partial charge is 0.488 e. The molecule has 0 atom stereocenters. The summed E-state index contributed by atoms with van der Waals surface area (Å²) >= 11 is 12.2. The molecule has 0 spiro atoms. The number of aryl methyl sites for hydroxylation is 1. The highest BCUT2D eigenvalue weighted by Crippen LogP contribution is 2.37. The van der Waals surface area contributed by atoms with Gasteiger partial charge in [-0.3, -0.25) is 0 Å². The summed E-state index contributed by atoms with van der Waals surface area (Å²) in [7, 11) is 0. The SMILES string of the molecule is Cc1ccc2c(Cl)cc(Cl)c(OCCN)c2n1. The minimum Gasteiger partial charge on any atom is -0.488 e. The van der Waals surface area contributed by atoms with Crippen molar-refractivity contribution in [2.24, 2.45) is 5.73 Å². The molecule has 0 amide bonds. The molecule has 0 radical (unpaired) electrons. The van der Waals surface area contributed by atoms with Crippen molar-refractivity contribution in [2.75, 3.05) is 13.2 Å². The number of halogens is 2. The number of ether oxygens (including phenoxy) is 1. The van der Waals surface area contributed by atoms with Gasteiger partial charge in [0, 0.05) is 17.6 Å². The first-order valence-electron chi connectivity index (χ1n) is 5.21. The van der Waals surface area contributed by atoms with Crippen molar-refractivity contribution in [2.45, 2.75) is 6.92 Å². The van der Waals surface area contributed by atoms with Gasteiger partial charge >= 0.3 is 0 Å². The van der Waals surface area contributed by atoms with Gasteiger partial charge in [-0.1, -0.05) is 23.2 Å². The van der Waals surface area contributed by atoms with Gasteiger partial charge in [0.05, 0.1) is 10.0 Å². The van der Waals surface area contributed by atoms with Gasteiger partial charge in [-0.05, 0) is 25.1 Å². The van der Waals surface area contributed by atoms with Gasteiger partial charge in [0.25, 0.3) is 0 Å². The first-order valence-corrected chi connectivity index (χ1v) is 5.97. The summed E-state index contributed by atoms with van der Waals surface area (Å²) in [4.78, 5) is 4.42. The Bertz CT molecular complexity index is 558. The third-order valence-corrected chi connectivity index (χ3v) is 2.93. The van der Waals surface area contributed by atoms with Crippen LogP contribution in [0.3, 0.4) is 0 Å². The molecule has 5 heteroatoms. The summed E-state index contributed by atoms with van der Waals surface area (Å²) in [5, 5.41) is 1.85. The fourth-order valence-electron chi connectivity index (χ4n) is 1.59. The van der Waals surface area contributed by atoms with Crippen LogP contribution in [0.1, 0.15) is 5.69 Å². The summed E-state index contributed by atoms with van der Waals surface area (Å²) in [6, 6.07) is 5.47. The number of nitrogens with two attached hydrogens (primary N) is 1. The van der Waals surface area contributed by atoms with E-state index in [0.29, 0.717) is 34.5 Å². The van der Waals surface area contributed by atoms with Crippen LogP contribution >= 0.6 is 23.2 Å². The van der Waals surface area contributed by atoms with Crippen LogP contribution in [-0.2, 0) is 0 Å². The number of rotatable bonds is 3. The predicted molar refractivity (Wildman–Crippen MR) is 71.0 cm³/mol. The highest BCUT2D eigenvalue weighted by Gasteiger charge is 2.12. The molecule has 0 aliphatic heterocycles. The van der Waals surface area contributed by atoms with E-state index in [2.05, 4.69) is 4.98 Å². The van der Waals surface area contributed by atoms with E-state index in [4.69, 9.17) is 33.7 Å². The van der Waals surface area contributed by atoms with Crippen LogP contribution in [0, 0.1) is 6.92 Å². The lowest BCUT2D eigenvalue weighted by atomic mass is 10.2. The molecule has 90 valence electrons. The maximum atomic E-state index is 6.12. The van der Waals surface area contributed by atoms with Crippen molar-refractivity contribution in [3.05, 3.63) is 33.9 Å². The lowest BCUT2D eigenvalue weighted by Gasteiger charge is -2.11. The minimum absolute atomic E-state index is 0.395. The maximum Gasteiger partial charge on any atom is 0.164 e. The van der Waals surface area contributed by atoms with Gasteiger partial charge in [0.2, 0.25) is 0 Å². The number of nitrogens with zero attached hydrogens (tertiary/aromatic N) is 1. The van der Waals surface area contributed by atoms with Crippen LogP contribution in [0.15, 0.2) is 18.2 Å². The smallest absolute Gasteiger partial charge is 0.164 e. The van der Waals surface area contributed by atoms with Crippen LogP contribution in [0.4, 0.5) is 0 Å². The highest BCUT2D eigenvalue weighted by atomic mass is 35.5. The number of pyridine rings is 1. The Labute approximate surface area is 109 Å². The second-order valence-corrected chi connectivity index (χ2v) is 4.47. The molecule has 1 aromatic heterocycles. The molecular formula is C12H12Cl2N2O. The van der Waals surface area contributed by atoms with Crippen LogP contribution in [0.2, 0.25) is 10.0 Å². The van der Waals surface area contributed by atoms with Gasteiger partial charge in [-0.15, -0.1) is 0 Å². The molecule has 2 aromatic rings. The first-order chi connectivity index (χ1) is 8.13. The molecule has 2 rings (SSSR count). The molecule has 1 aromatic carbocycles. The minimum atomic E-state index is 0.395. The standard InChI is InChI=1S/C12H12Cl2N2O/c1-7-2-3-8-9(13)6-10(14)12(11(8)16-7)17-5-4-15/h2-3,6H,4-5,15H2,1H3. The topological polar surface area (TPSA) is 48.1 Å². The Balaban J connectivity index is 2.66. The van der Waals surface area contributed by atoms with Crippen LogP contribution < -0.4 is 10.5 Å². The number of benzene rings is 1. The zero-order chi connectivity index (χ0) is 12.4. The third-order valence-electron chi connectivity index (χ3n) is 2.34. The van der Waals surface area contributed by atoms with Crippen LogP contribution in [-0.4, -0.2) is 18.1 Å². The molecule has 0 unspecified atom stereocenters. The van der Waals surface area contributed by atoms with Crippen molar-refractivity contribution in [1.29, 1.82) is 0 Å². The van der Waals surface area contributed by atoms with Crippen molar-refractivity contribution >= 4 is 34.1 Å². The molecular weight excluding hydrogens is 259 g/mol. The summed E-state index contributed by atoms with van der Waals surface area (Å²) in [5.74, 6) is 0.542. The fraction of sp³-hybridized carbons (Fsp3) is 0.250. The van der Waals surface area contributed by atoms with E-state index in [9.17, 15) is 0 Å². The van der Waals surface area contributed by atoms with Gasteiger partial charge in [0.15, 0.2) is 5.75 Å². The fourth-order valence-corrected chi connectivity index (χ4v) is 2.16. The van der Waals surface area contributed by atoms with Crippen molar-refractivity contribution in [3.63, 3.8) is 0 Å². The quantitative estimate of drug-likeness (QED) is 0.932. The number of aromatic nitrogens is 1. The summed E-state index contributed by atoms with van der Waals surface area (Å²) in [6.45, 7) is 2.72. The molecule has 0 fully saturated rings. The van der Waals surface area contributed by atoms with Gasteiger partial charge in [-0.2, -0.15) is 0 Å². The van der Waals surface area contributed by atoms with Crippen LogP contribution in [0.25, 0.3) is 10.9 Å². The zero-order valence-electron chi connectivity index (χ0n) is 9.34. The Morgan fingerprint density at radius 3 is 2.76 bits per heavy atom. The molecule has 0 saturated heterocycles. The number of fused-ring (bicyclic) bond motifs is 1. The Morgan fingerprint density at radius 1 is 1.29 bits per heavy atom. The summed E-state index contributed by atoms with van der Waals surface area (Å²) in [6.07, 6.45) is 0. The highest BCUT2D eigenvalue weighted by molar-refractivity contribution is 6.39. The van der Waals surface area contributed by atoms with E-state index in [1.165, 1.54) is 0 Å². The third kappa shape index (κ3) is 2.46. The van der Waals surface area contributed by atoms with Gasteiger partial charge in [0.1, 0.15) is 12.1 Å². The summed E-state index contributed by atoms with van der Waals surface area (Å²) in [5.41, 5.74) is 6.98. The Kier molecular flexibility index (Phi) is 3.72. The predicted octanol–water partition coefficient (Wildman–Crippen LogP) is 3.19. The van der Waals surface area contributed by atoms with Crippen molar-refractivity contribution in [1.82, 2.24) is 4.98 Å². The number of hydrogen-bond donors (Lipinski definition) is 1. The number of hydrogen-bond acceptors (Lipinski definition) is 3. The molecule has 0 aliphatic carbocycles. The van der Waals surface area contributed by atoms with Crippen molar-refractivity contribution < 1.29 is 4.74 Å². The van der Waals surface area contributed by atoms with Crippen molar-refractivity contribution in [3.8, 4) is 5.75 Å². The zero-order valence-corrected chi connectivity index (χ0v) is 10.8. The van der Waals surface area contributed by atoms with E-state index in [0.717, 1.165) is 11.1 Å². The van der Waals surface area contributed by atoms with E-state index in [1.807, 2.05) is 19.1 Å². The molecule has 3 nitrogen and oxygen atoms in total. The van der Waals surface area contributed by atoms with E-state index in [-0.39, 0.29) is 0 Å². The van der Waals surface area contributed by atoms with E-state index >= 15 is 0 Å². The molecule has 0 bridgehead atoms. The Morgan fingerprint density at radius 2 is 2.06 bits per heavy atom. The Hall–Kier alpha value is -1.03.